The normalized spacial score (nSPS) is 15.3. The van der Waals surface area contributed by atoms with Gasteiger partial charge >= 0.3 is 0 Å². The fourth-order valence-corrected chi connectivity index (χ4v) is 2.65. The van der Waals surface area contributed by atoms with E-state index < -0.39 is 5.54 Å². The smallest absolute Gasteiger partial charge is 0.221 e. The molecule has 2 atom stereocenters. The van der Waals surface area contributed by atoms with Gasteiger partial charge in [-0.3, -0.25) is 4.79 Å². The van der Waals surface area contributed by atoms with Crippen LogP contribution in [0.15, 0.2) is 24.3 Å². The summed E-state index contributed by atoms with van der Waals surface area (Å²) in [5.41, 5.74) is 1.88. The van der Waals surface area contributed by atoms with Gasteiger partial charge in [0.1, 0.15) is 0 Å². The Morgan fingerprint density at radius 1 is 1.43 bits per heavy atom. The van der Waals surface area contributed by atoms with Crippen molar-refractivity contribution >= 4 is 5.91 Å². The van der Waals surface area contributed by atoms with Crippen molar-refractivity contribution in [1.29, 1.82) is 0 Å². The Bertz CT molecular complexity index is 453. The summed E-state index contributed by atoms with van der Waals surface area (Å²) < 4.78 is 5.14. The molecule has 118 valence electrons. The zero-order valence-corrected chi connectivity index (χ0v) is 13.5. The standard InChI is InChI=1S/C17H27NO3/c1-13-7-5-6-8-15(13)14(2)11-16(20)18-17(3,9-10-19)12-21-4/h5-8,14,19H,9-12H2,1-4H3,(H,18,20). The summed E-state index contributed by atoms with van der Waals surface area (Å²) in [5.74, 6) is 0.144. The first kappa shape index (κ1) is 17.7. The van der Waals surface area contributed by atoms with Crippen LogP contribution in [-0.4, -0.2) is 36.9 Å². The lowest BCUT2D eigenvalue weighted by atomic mass is 9.92. The Morgan fingerprint density at radius 3 is 2.67 bits per heavy atom. The lowest BCUT2D eigenvalue weighted by molar-refractivity contribution is -0.124. The van der Waals surface area contributed by atoms with Crippen molar-refractivity contribution in [3.05, 3.63) is 35.4 Å². The maximum atomic E-state index is 12.3. The van der Waals surface area contributed by atoms with E-state index in [1.807, 2.05) is 19.1 Å². The molecule has 0 aliphatic heterocycles. The Kier molecular flexibility index (Phi) is 6.85. The highest BCUT2D eigenvalue weighted by atomic mass is 16.5. The Labute approximate surface area is 127 Å². The van der Waals surface area contributed by atoms with Gasteiger partial charge in [-0.2, -0.15) is 0 Å². The number of benzene rings is 1. The summed E-state index contributed by atoms with van der Waals surface area (Å²) in [6.07, 6.45) is 0.904. The fourth-order valence-electron chi connectivity index (χ4n) is 2.65. The van der Waals surface area contributed by atoms with Crippen LogP contribution in [0.25, 0.3) is 0 Å². The number of carbonyl (C=O) groups is 1. The molecule has 0 aliphatic carbocycles. The van der Waals surface area contributed by atoms with E-state index in [0.29, 0.717) is 19.4 Å². The van der Waals surface area contributed by atoms with Gasteiger partial charge in [-0.15, -0.1) is 0 Å². The molecule has 0 heterocycles. The third-order valence-electron chi connectivity index (χ3n) is 3.78. The first-order valence-electron chi connectivity index (χ1n) is 7.38. The molecule has 0 saturated carbocycles. The quantitative estimate of drug-likeness (QED) is 0.774. The summed E-state index contributed by atoms with van der Waals surface area (Å²) in [4.78, 5) is 12.3. The zero-order chi connectivity index (χ0) is 15.9. The highest BCUT2D eigenvalue weighted by molar-refractivity contribution is 5.77. The predicted molar refractivity (Wildman–Crippen MR) is 84.3 cm³/mol. The van der Waals surface area contributed by atoms with E-state index in [4.69, 9.17) is 9.84 Å². The van der Waals surface area contributed by atoms with Gasteiger partial charge < -0.3 is 15.2 Å². The molecule has 1 aromatic rings. The van der Waals surface area contributed by atoms with Crippen LogP contribution in [0.2, 0.25) is 0 Å². The highest BCUT2D eigenvalue weighted by Crippen LogP contribution is 2.22. The number of amides is 1. The van der Waals surface area contributed by atoms with Crippen LogP contribution in [0.4, 0.5) is 0 Å². The summed E-state index contributed by atoms with van der Waals surface area (Å²) in [6, 6.07) is 8.12. The van der Waals surface area contributed by atoms with Crippen LogP contribution < -0.4 is 5.32 Å². The minimum Gasteiger partial charge on any atom is -0.396 e. The van der Waals surface area contributed by atoms with Crippen molar-refractivity contribution in [3.63, 3.8) is 0 Å². The van der Waals surface area contributed by atoms with Crippen LogP contribution >= 0.6 is 0 Å². The van der Waals surface area contributed by atoms with Crippen molar-refractivity contribution in [2.45, 2.75) is 45.1 Å². The maximum absolute atomic E-state index is 12.3. The fraction of sp³-hybridized carbons (Fsp3) is 0.588. The molecular weight excluding hydrogens is 266 g/mol. The molecule has 1 rings (SSSR count). The van der Waals surface area contributed by atoms with E-state index in [1.165, 1.54) is 11.1 Å². The van der Waals surface area contributed by atoms with Crippen molar-refractivity contribution in [3.8, 4) is 0 Å². The number of aliphatic hydroxyl groups excluding tert-OH is 1. The second kappa shape index (κ2) is 8.15. The predicted octanol–water partition coefficient (Wildman–Crippen LogP) is 2.39. The lowest BCUT2D eigenvalue weighted by Crippen LogP contribution is -2.50. The third-order valence-corrected chi connectivity index (χ3v) is 3.78. The largest absolute Gasteiger partial charge is 0.396 e. The molecule has 0 fully saturated rings. The number of aryl methyl sites for hydroxylation is 1. The number of aliphatic hydroxyl groups is 1. The van der Waals surface area contributed by atoms with E-state index in [0.717, 1.165) is 0 Å². The average Bonchev–Trinajstić information content (AvgIpc) is 2.38. The Morgan fingerprint density at radius 2 is 2.10 bits per heavy atom. The summed E-state index contributed by atoms with van der Waals surface area (Å²) in [5, 5.41) is 12.1. The Hall–Kier alpha value is -1.39. The van der Waals surface area contributed by atoms with Crippen LogP contribution in [0.5, 0.6) is 0 Å². The summed E-state index contributed by atoms with van der Waals surface area (Å²) >= 11 is 0. The van der Waals surface area contributed by atoms with Crippen molar-refractivity contribution in [2.75, 3.05) is 20.3 Å². The van der Waals surface area contributed by atoms with Gasteiger partial charge in [-0.25, -0.2) is 0 Å². The molecule has 0 radical (unpaired) electrons. The molecule has 0 aromatic heterocycles. The SMILES string of the molecule is COCC(C)(CCO)NC(=O)CC(C)c1ccccc1C. The minimum absolute atomic E-state index is 0.0150. The first-order chi connectivity index (χ1) is 9.91. The monoisotopic (exact) mass is 293 g/mol. The second-order valence-electron chi connectivity index (χ2n) is 5.98. The van der Waals surface area contributed by atoms with E-state index in [-0.39, 0.29) is 18.4 Å². The number of hydrogen-bond acceptors (Lipinski definition) is 3. The van der Waals surface area contributed by atoms with E-state index in [1.54, 1.807) is 7.11 Å². The highest BCUT2D eigenvalue weighted by Gasteiger charge is 2.26. The molecule has 1 amide bonds. The molecule has 4 heteroatoms. The molecular formula is C17H27NO3. The molecule has 0 aliphatic rings. The molecule has 2 unspecified atom stereocenters. The number of rotatable bonds is 8. The van der Waals surface area contributed by atoms with Gasteiger partial charge in [-0.05, 0) is 37.3 Å². The number of hydrogen-bond donors (Lipinski definition) is 2. The first-order valence-corrected chi connectivity index (χ1v) is 7.38. The number of ether oxygens (including phenoxy) is 1. The van der Waals surface area contributed by atoms with Crippen molar-refractivity contribution in [1.82, 2.24) is 5.32 Å². The minimum atomic E-state index is -0.522. The average molecular weight is 293 g/mol. The van der Waals surface area contributed by atoms with Crippen LogP contribution in [0.1, 0.15) is 43.7 Å². The van der Waals surface area contributed by atoms with Gasteiger partial charge in [0.2, 0.25) is 5.91 Å². The van der Waals surface area contributed by atoms with Gasteiger partial charge in [0.25, 0.3) is 0 Å². The summed E-state index contributed by atoms with van der Waals surface area (Å²) in [6.45, 7) is 6.42. The third kappa shape index (κ3) is 5.48. The van der Waals surface area contributed by atoms with Crippen molar-refractivity contribution in [2.24, 2.45) is 0 Å². The summed E-state index contributed by atoms with van der Waals surface area (Å²) in [7, 11) is 1.59. The molecule has 0 saturated heterocycles. The van der Waals surface area contributed by atoms with E-state index in [2.05, 4.69) is 31.3 Å². The number of nitrogens with one attached hydrogen (secondary N) is 1. The van der Waals surface area contributed by atoms with Gasteiger partial charge in [0, 0.05) is 20.1 Å². The molecule has 21 heavy (non-hydrogen) atoms. The van der Waals surface area contributed by atoms with E-state index >= 15 is 0 Å². The van der Waals surface area contributed by atoms with Gasteiger partial charge in [-0.1, -0.05) is 31.2 Å². The molecule has 4 nitrogen and oxygen atoms in total. The van der Waals surface area contributed by atoms with E-state index in [9.17, 15) is 4.79 Å². The second-order valence-corrected chi connectivity index (χ2v) is 5.98. The molecule has 0 bridgehead atoms. The van der Waals surface area contributed by atoms with Crippen LogP contribution in [0, 0.1) is 6.92 Å². The topological polar surface area (TPSA) is 58.6 Å². The number of methoxy groups -OCH3 is 1. The zero-order valence-electron chi connectivity index (χ0n) is 13.5. The molecule has 2 N–H and O–H groups in total. The number of carbonyl (C=O) groups excluding carboxylic acids is 1. The van der Waals surface area contributed by atoms with Gasteiger partial charge in [0.15, 0.2) is 0 Å². The van der Waals surface area contributed by atoms with Gasteiger partial charge in [0.05, 0.1) is 12.1 Å². The van der Waals surface area contributed by atoms with Crippen LogP contribution in [-0.2, 0) is 9.53 Å². The molecule has 0 spiro atoms. The molecule has 1 aromatic carbocycles. The Balaban J connectivity index is 2.66. The van der Waals surface area contributed by atoms with Crippen LogP contribution in [0.3, 0.4) is 0 Å². The maximum Gasteiger partial charge on any atom is 0.221 e. The lowest BCUT2D eigenvalue weighted by Gasteiger charge is -2.30. The van der Waals surface area contributed by atoms with Crippen molar-refractivity contribution < 1.29 is 14.6 Å².